The number of nitrogens with zero attached hydrogens (tertiary/aromatic N) is 1. The number of rotatable bonds is 7. The first-order valence-electron chi connectivity index (χ1n) is 10.8. The lowest BCUT2D eigenvalue weighted by Crippen LogP contribution is -2.40. The molecule has 0 bridgehead atoms. The van der Waals surface area contributed by atoms with Gasteiger partial charge in [0.25, 0.3) is 5.91 Å². The number of nitrogens with one attached hydrogen (secondary N) is 1. The summed E-state index contributed by atoms with van der Waals surface area (Å²) in [7, 11) is -4.06. The van der Waals surface area contributed by atoms with E-state index < -0.39 is 26.6 Å². The van der Waals surface area contributed by atoms with Crippen LogP contribution in [0.25, 0.3) is 0 Å². The van der Waals surface area contributed by atoms with Crippen molar-refractivity contribution in [3.63, 3.8) is 0 Å². The Morgan fingerprint density at radius 2 is 1.82 bits per heavy atom. The van der Waals surface area contributed by atoms with E-state index in [9.17, 15) is 17.6 Å². The van der Waals surface area contributed by atoms with Gasteiger partial charge in [-0.2, -0.15) is 4.31 Å². The second-order valence-corrected chi connectivity index (χ2v) is 9.80. The number of carbonyl (C=O) groups excluding carboxylic acids is 1. The standard InChI is InChI=1S/C25H25FN2O5S/c1-18-5-4-6-19(15-18)17-33-23-8-3-2-7-21(23)25(29)27-20-9-10-22(26)24(16-20)34(30,31)28-11-13-32-14-12-28/h2-10,15-16H,11-14,17H2,1H3,(H,27,29). The summed E-state index contributed by atoms with van der Waals surface area (Å²) in [5.74, 6) is -1.00. The van der Waals surface area contributed by atoms with Crippen LogP contribution in [0.5, 0.6) is 5.75 Å². The highest BCUT2D eigenvalue weighted by molar-refractivity contribution is 7.89. The van der Waals surface area contributed by atoms with Gasteiger partial charge >= 0.3 is 0 Å². The number of anilines is 1. The average molecular weight is 485 g/mol. The van der Waals surface area contributed by atoms with Gasteiger partial charge in [-0.3, -0.25) is 4.79 Å². The van der Waals surface area contributed by atoms with E-state index in [0.717, 1.165) is 23.3 Å². The van der Waals surface area contributed by atoms with Crippen LogP contribution >= 0.6 is 0 Å². The van der Waals surface area contributed by atoms with Crippen LogP contribution < -0.4 is 10.1 Å². The third-order valence-electron chi connectivity index (χ3n) is 5.39. The topological polar surface area (TPSA) is 84.9 Å². The summed E-state index contributed by atoms with van der Waals surface area (Å²) in [6.07, 6.45) is 0. The molecule has 0 atom stereocenters. The number of aryl methyl sites for hydroxylation is 1. The van der Waals surface area contributed by atoms with E-state index in [1.54, 1.807) is 24.3 Å². The summed E-state index contributed by atoms with van der Waals surface area (Å²) < 4.78 is 52.5. The predicted molar refractivity (Wildman–Crippen MR) is 126 cm³/mol. The number of hydrogen-bond donors (Lipinski definition) is 1. The molecule has 1 aliphatic rings. The lowest BCUT2D eigenvalue weighted by molar-refractivity contribution is 0.0729. The molecule has 1 heterocycles. The lowest BCUT2D eigenvalue weighted by Gasteiger charge is -2.26. The van der Waals surface area contributed by atoms with Gasteiger partial charge in [0.2, 0.25) is 10.0 Å². The lowest BCUT2D eigenvalue weighted by atomic mass is 10.1. The second-order valence-electron chi connectivity index (χ2n) is 7.89. The number of sulfonamides is 1. The van der Waals surface area contributed by atoms with Crippen LogP contribution in [0.4, 0.5) is 10.1 Å². The third-order valence-corrected chi connectivity index (χ3v) is 7.30. The highest BCUT2D eigenvalue weighted by Crippen LogP contribution is 2.26. The van der Waals surface area contributed by atoms with Crippen LogP contribution in [0.3, 0.4) is 0 Å². The first-order chi connectivity index (χ1) is 16.3. The van der Waals surface area contributed by atoms with Crippen molar-refractivity contribution >= 4 is 21.6 Å². The minimum atomic E-state index is -4.06. The van der Waals surface area contributed by atoms with Crippen molar-refractivity contribution in [3.8, 4) is 5.75 Å². The SMILES string of the molecule is Cc1cccc(COc2ccccc2C(=O)Nc2ccc(F)c(S(=O)(=O)N3CCOCC3)c2)c1. The van der Waals surface area contributed by atoms with Crippen molar-refractivity contribution in [2.45, 2.75) is 18.4 Å². The van der Waals surface area contributed by atoms with Gasteiger partial charge < -0.3 is 14.8 Å². The van der Waals surface area contributed by atoms with Gasteiger partial charge in [-0.05, 0) is 42.8 Å². The Morgan fingerprint density at radius 1 is 1.06 bits per heavy atom. The smallest absolute Gasteiger partial charge is 0.259 e. The van der Waals surface area contributed by atoms with Crippen molar-refractivity contribution in [1.29, 1.82) is 0 Å². The maximum absolute atomic E-state index is 14.5. The van der Waals surface area contributed by atoms with E-state index in [0.29, 0.717) is 5.75 Å². The fourth-order valence-electron chi connectivity index (χ4n) is 3.65. The number of morpholine rings is 1. The molecule has 178 valence electrons. The number of halogens is 1. The first kappa shape index (κ1) is 23.9. The minimum absolute atomic E-state index is 0.143. The van der Waals surface area contributed by atoms with Crippen LogP contribution in [-0.2, 0) is 21.4 Å². The molecule has 0 unspecified atom stereocenters. The van der Waals surface area contributed by atoms with Crippen LogP contribution in [0.15, 0.2) is 71.6 Å². The normalized spacial score (nSPS) is 14.5. The number of amides is 1. The fraction of sp³-hybridized carbons (Fsp3) is 0.240. The zero-order valence-corrected chi connectivity index (χ0v) is 19.5. The summed E-state index contributed by atoms with van der Waals surface area (Å²) in [6, 6.07) is 18.1. The van der Waals surface area contributed by atoms with Crippen LogP contribution in [0.1, 0.15) is 21.5 Å². The molecule has 1 fully saturated rings. The van der Waals surface area contributed by atoms with Gasteiger partial charge in [-0.25, -0.2) is 12.8 Å². The van der Waals surface area contributed by atoms with Gasteiger partial charge in [0.15, 0.2) is 0 Å². The zero-order chi connectivity index (χ0) is 24.1. The molecule has 3 aromatic carbocycles. The summed E-state index contributed by atoms with van der Waals surface area (Å²) in [6.45, 7) is 3.05. The van der Waals surface area contributed by atoms with Gasteiger partial charge in [0.05, 0.1) is 18.8 Å². The largest absolute Gasteiger partial charge is 0.488 e. The van der Waals surface area contributed by atoms with Crippen molar-refractivity contribution in [3.05, 3.63) is 89.2 Å². The molecule has 34 heavy (non-hydrogen) atoms. The van der Waals surface area contributed by atoms with E-state index in [1.165, 1.54) is 10.4 Å². The molecule has 1 saturated heterocycles. The first-order valence-corrected chi connectivity index (χ1v) is 12.2. The molecular formula is C25H25FN2O5S. The number of hydrogen-bond acceptors (Lipinski definition) is 5. The minimum Gasteiger partial charge on any atom is -0.488 e. The van der Waals surface area contributed by atoms with E-state index in [1.807, 2.05) is 31.2 Å². The molecule has 3 aromatic rings. The zero-order valence-electron chi connectivity index (χ0n) is 18.7. The quantitative estimate of drug-likeness (QED) is 0.548. The van der Waals surface area contributed by atoms with Gasteiger partial charge in [-0.15, -0.1) is 0 Å². The summed E-state index contributed by atoms with van der Waals surface area (Å²) in [4.78, 5) is 12.5. The molecule has 4 rings (SSSR count). The van der Waals surface area contributed by atoms with Crippen molar-refractivity contribution in [2.24, 2.45) is 0 Å². The molecule has 0 saturated carbocycles. The monoisotopic (exact) mass is 484 g/mol. The van der Waals surface area contributed by atoms with Crippen LogP contribution in [0, 0.1) is 12.7 Å². The van der Waals surface area contributed by atoms with Crippen molar-refractivity contribution in [2.75, 3.05) is 31.6 Å². The van der Waals surface area contributed by atoms with Crippen LogP contribution in [-0.4, -0.2) is 44.9 Å². The molecule has 7 nitrogen and oxygen atoms in total. The van der Waals surface area contributed by atoms with E-state index in [-0.39, 0.29) is 44.2 Å². The molecule has 9 heteroatoms. The van der Waals surface area contributed by atoms with Crippen LogP contribution in [0.2, 0.25) is 0 Å². The van der Waals surface area contributed by atoms with Gasteiger partial charge in [0.1, 0.15) is 23.1 Å². The molecule has 0 aromatic heterocycles. The van der Waals surface area contributed by atoms with Crippen molar-refractivity contribution < 1.29 is 27.1 Å². The molecule has 0 spiro atoms. The van der Waals surface area contributed by atoms with E-state index >= 15 is 0 Å². The number of para-hydroxylation sites is 1. The summed E-state index contributed by atoms with van der Waals surface area (Å²) in [5.41, 5.74) is 2.50. The van der Waals surface area contributed by atoms with Gasteiger partial charge in [0, 0.05) is 18.8 Å². The number of ether oxygens (including phenoxy) is 2. The van der Waals surface area contributed by atoms with Gasteiger partial charge in [-0.1, -0.05) is 42.0 Å². The Bertz CT molecular complexity index is 1290. The van der Waals surface area contributed by atoms with Crippen molar-refractivity contribution in [1.82, 2.24) is 4.31 Å². The average Bonchev–Trinajstić information content (AvgIpc) is 2.84. The maximum Gasteiger partial charge on any atom is 0.259 e. The molecule has 1 aliphatic heterocycles. The molecule has 1 N–H and O–H groups in total. The molecule has 1 amide bonds. The highest BCUT2D eigenvalue weighted by Gasteiger charge is 2.29. The Kier molecular flexibility index (Phi) is 7.26. The third kappa shape index (κ3) is 5.44. The predicted octanol–water partition coefficient (Wildman–Crippen LogP) is 3.99. The van der Waals surface area contributed by atoms with E-state index in [2.05, 4.69) is 5.32 Å². The fourth-order valence-corrected chi connectivity index (χ4v) is 5.14. The Hall–Kier alpha value is -3.27. The van der Waals surface area contributed by atoms with E-state index in [4.69, 9.17) is 9.47 Å². The maximum atomic E-state index is 14.5. The number of carbonyl (C=O) groups is 1. The Balaban J connectivity index is 1.53. The summed E-state index contributed by atoms with van der Waals surface area (Å²) >= 11 is 0. The number of benzene rings is 3. The molecule has 0 radical (unpaired) electrons. The Morgan fingerprint density at radius 3 is 2.59 bits per heavy atom. The molecular weight excluding hydrogens is 459 g/mol. The molecule has 0 aliphatic carbocycles. The Labute approximate surface area is 198 Å². The highest BCUT2D eigenvalue weighted by atomic mass is 32.2. The summed E-state index contributed by atoms with van der Waals surface area (Å²) in [5, 5.41) is 2.66. The second kappa shape index (κ2) is 10.3.